The molecule has 0 fully saturated rings. The van der Waals surface area contributed by atoms with Crippen LogP contribution in [-0.2, 0) is 0 Å². The van der Waals surface area contributed by atoms with Crippen molar-refractivity contribution in [3.8, 4) is 0 Å². The molecule has 0 N–H and O–H groups in total. The van der Waals surface area contributed by atoms with Gasteiger partial charge >= 0.3 is 0 Å². The Kier molecular flexibility index (Phi) is 3.74. The van der Waals surface area contributed by atoms with Crippen molar-refractivity contribution in [2.75, 3.05) is 0 Å². The molecule has 0 aliphatic heterocycles. The molecule has 11 heavy (non-hydrogen) atoms. The van der Waals surface area contributed by atoms with Gasteiger partial charge < -0.3 is 0 Å². The highest BCUT2D eigenvalue weighted by Crippen LogP contribution is 2.12. The Morgan fingerprint density at radius 3 is 3.09 bits per heavy atom. The maximum atomic E-state index is 2.30. The second-order valence-electron chi connectivity index (χ2n) is 2.87. The van der Waals surface area contributed by atoms with Gasteiger partial charge in [0.05, 0.1) is 0 Å². The lowest BCUT2D eigenvalue weighted by molar-refractivity contribution is 0.830. The van der Waals surface area contributed by atoms with Gasteiger partial charge in [-0.3, -0.25) is 0 Å². The maximum Gasteiger partial charge on any atom is -0.00189 e. The van der Waals surface area contributed by atoms with Crippen LogP contribution in [0.4, 0.5) is 0 Å². The van der Waals surface area contributed by atoms with Crippen LogP contribution < -0.4 is 0 Å². The fraction of sp³-hybridized carbons (Fsp3) is 0.455. The highest BCUT2D eigenvalue weighted by molar-refractivity contribution is 5.08. The first-order chi connectivity index (χ1) is 5.43. The number of allylic oxidation sites excluding steroid dienone is 6. The van der Waals surface area contributed by atoms with Crippen LogP contribution in [0.25, 0.3) is 0 Å². The number of hydrogen-bond donors (Lipinski definition) is 0. The minimum absolute atomic E-state index is 0.647. The fourth-order valence-electron chi connectivity index (χ4n) is 1.21. The largest absolute Gasteiger partial charge is 0.0882 e. The van der Waals surface area contributed by atoms with E-state index in [1.807, 2.05) is 0 Å². The van der Waals surface area contributed by atoms with Gasteiger partial charge in [0, 0.05) is 0 Å². The molecule has 0 spiro atoms. The zero-order chi connectivity index (χ0) is 7.94. The minimum Gasteiger partial charge on any atom is -0.0882 e. The van der Waals surface area contributed by atoms with E-state index >= 15 is 0 Å². The summed E-state index contributed by atoms with van der Waals surface area (Å²) < 4.78 is 0. The molecule has 0 saturated heterocycles. The summed E-state index contributed by atoms with van der Waals surface area (Å²) in [6.07, 6.45) is 17.0. The summed E-state index contributed by atoms with van der Waals surface area (Å²) in [6.45, 7) is 2.17. The van der Waals surface area contributed by atoms with E-state index < -0.39 is 0 Å². The molecular weight excluding hydrogens is 132 g/mol. The van der Waals surface area contributed by atoms with Crippen molar-refractivity contribution < 1.29 is 0 Å². The fourth-order valence-corrected chi connectivity index (χ4v) is 1.21. The molecular formula is C11H16. The monoisotopic (exact) mass is 148 g/mol. The highest BCUT2D eigenvalue weighted by Gasteiger charge is 1.97. The van der Waals surface area contributed by atoms with Gasteiger partial charge in [0.15, 0.2) is 0 Å². The first-order valence-corrected chi connectivity index (χ1v) is 4.42. The molecule has 0 nitrogen and oxygen atoms in total. The van der Waals surface area contributed by atoms with Gasteiger partial charge in [-0.2, -0.15) is 0 Å². The van der Waals surface area contributed by atoms with E-state index in [-0.39, 0.29) is 0 Å². The van der Waals surface area contributed by atoms with E-state index in [2.05, 4.69) is 43.4 Å². The third kappa shape index (κ3) is 3.22. The van der Waals surface area contributed by atoms with Crippen molar-refractivity contribution in [2.24, 2.45) is 5.92 Å². The number of hydrogen-bond acceptors (Lipinski definition) is 0. The summed E-state index contributed by atoms with van der Waals surface area (Å²) >= 11 is 0. The van der Waals surface area contributed by atoms with Gasteiger partial charge in [-0.15, -0.1) is 0 Å². The van der Waals surface area contributed by atoms with Crippen molar-refractivity contribution in [1.29, 1.82) is 0 Å². The van der Waals surface area contributed by atoms with Crippen LogP contribution in [0.3, 0.4) is 0 Å². The van der Waals surface area contributed by atoms with Gasteiger partial charge in [-0.25, -0.2) is 0 Å². The van der Waals surface area contributed by atoms with Crippen molar-refractivity contribution in [2.45, 2.75) is 26.2 Å². The van der Waals surface area contributed by atoms with Crippen molar-refractivity contribution in [3.63, 3.8) is 0 Å². The van der Waals surface area contributed by atoms with E-state index in [9.17, 15) is 0 Å². The highest BCUT2D eigenvalue weighted by atomic mass is 14.0. The maximum absolute atomic E-state index is 2.30. The summed E-state index contributed by atoms with van der Waals surface area (Å²) in [5.41, 5.74) is 0. The van der Waals surface area contributed by atoms with Crippen LogP contribution in [0.1, 0.15) is 26.2 Å². The average Bonchev–Trinajstić information content (AvgIpc) is 2.28. The molecule has 0 radical (unpaired) electrons. The molecule has 0 aromatic heterocycles. The Balaban J connectivity index is 2.44. The van der Waals surface area contributed by atoms with Crippen LogP contribution in [0.5, 0.6) is 0 Å². The van der Waals surface area contributed by atoms with Gasteiger partial charge in [-0.1, -0.05) is 43.4 Å². The lowest BCUT2D eigenvalue weighted by atomic mass is 10.1. The molecule has 1 aliphatic rings. The summed E-state index contributed by atoms with van der Waals surface area (Å²) in [6, 6.07) is 0. The summed E-state index contributed by atoms with van der Waals surface area (Å²) in [5.74, 6) is 0.647. The average molecular weight is 148 g/mol. The minimum atomic E-state index is 0.647. The van der Waals surface area contributed by atoms with Gasteiger partial charge in [-0.05, 0) is 25.2 Å². The van der Waals surface area contributed by atoms with Gasteiger partial charge in [0.25, 0.3) is 0 Å². The predicted octanol–water partition coefficient (Wildman–Crippen LogP) is 3.48. The van der Waals surface area contributed by atoms with E-state index in [0.717, 1.165) is 12.8 Å². The molecule has 1 atom stereocenters. The lowest BCUT2D eigenvalue weighted by Gasteiger charge is -2.00. The molecule has 0 amide bonds. The van der Waals surface area contributed by atoms with Crippen LogP contribution in [0.2, 0.25) is 0 Å². The van der Waals surface area contributed by atoms with Gasteiger partial charge in [0.2, 0.25) is 0 Å². The van der Waals surface area contributed by atoms with Gasteiger partial charge in [0.1, 0.15) is 0 Å². The first kappa shape index (κ1) is 8.32. The molecule has 0 aromatic rings. The van der Waals surface area contributed by atoms with Crippen LogP contribution >= 0.6 is 0 Å². The zero-order valence-electron chi connectivity index (χ0n) is 7.16. The Bertz CT molecular complexity index is 172. The molecule has 60 valence electrons. The standard InChI is InChI=1S/C11H16/c1-2-3-8-11-9-6-4-5-7-10-11/h3-4,6-8,10-11H,2,5,9H2,1H3. The van der Waals surface area contributed by atoms with Crippen molar-refractivity contribution >= 4 is 0 Å². The molecule has 0 bridgehead atoms. The van der Waals surface area contributed by atoms with E-state index in [4.69, 9.17) is 0 Å². The van der Waals surface area contributed by atoms with Crippen molar-refractivity contribution in [1.82, 2.24) is 0 Å². The molecule has 0 aromatic carbocycles. The third-order valence-corrected chi connectivity index (χ3v) is 1.85. The van der Waals surface area contributed by atoms with E-state index in [0.29, 0.717) is 5.92 Å². The second kappa shape index (κ2) is 4.95. The second-order valence-corrected chi connectivity index (χ2v) is 2.87. The lowest BCUT2D eigenvalue weighted by Crippen LogP contribution is -1.86. The normalized spacial score (nSPS) is 24.3. The van der Waals surface area contributed by atoms with Crippen LogP contribution in [0, 0.1) is 5.92 Å². The van der Waals surface area contributed by atoms with E-state index in [1.165, 1.54) is 6.42 Å². The molecule has 1 unspecified atom stereocenters. The third-order valence-electron chi connectivity index (χ3n) is 1.85. The molecule has 0 heterocycles. The predicted molar refractivity (Wildman–Crippen MR) is 50.4 cm³/mol. The topological polar surface area (TPSA) is 0 Å². The summed E-state index contributed by atoms with van der Waals surface area (Å²) in [4.78, 5) is 0. The Labute approximate surface area is 69.3 Å². The van der Waals surface area contributed by atoms with E-state index in [1.54, 1.807) is 0 Å². The Morgan fingerprint density at radius 1 is 1.36 bits per heavy atom. The smallest absolute Gasteiger partial charge is 0.00189 e. The Morgan fingerprint density at radius 2 is 2.27 bits per heavy atom. The van der Waals surface area contributed by atoms with Crippen LogP contribution in [-0.4, -0.2) is 0 Å². The zero-order valence-corrected chi connectivity index (χ0v) is 7.16. The molecule has 0 saturated carbocycles. The number of rotatable bonds is 2. The van der Waals surface area contributed by atoms with Crippen LogP contribution in [0.15, 0.2) is 36.5 Å². The summed E-state index contributed by atoms with van der Waals surface area (Å²) in [7, 11) is 0. The quantitative estimate of drug-likeness (QED) is 0.526. The molecule has 1 rings (SSSR count). The molecule has 0 heteroatoms. The summed E-state index contributed by atoms with van der Waals surface area (Å²) in [5, 5.41) is 0. The van der Waals surface area contributed by atoms with Crippen molar-refractivity contribution in [3.05, 3.63) is 36.5 Å². The molecule has 1 aliphatic carbocycles. The SMILES string of the molecule is CCC=CC1C=CCC=CC1. The Hall–Kier alpha value is -0.780. The first-order valence-electron chi connectivity index (χ1n) is 4.42.